The number of aromatic amines is 1. The van der Waals surface area contributed by atoms with Crippen LogP contribution in [-0.4, -0.2) is 27.7 Å². The Morgan fingerprint density at radius 3 is 2.71 bits per heavy atom. The summed E-state index contributed by atoms with van der Waals surface area (Å²) in [7, 11) is 0. The highest BCUT2D eigenvalue weighted by Gasteiger charge is 2.15. The zero-order valence-electron chi connectivity index (χ0n) is 7.55. The Hall–Kier alpha value is -1.46. The summed E-state index contributed by atoms with van der Waals surface area (Å²) in [5.74, 6) is -1.15. The molecule has 0 fully saturated rings. The number of nitrogens with one attached hydrogen (secondary N) is 1. The summed E-state index contributed by atoms with van der Waals surface area (Å²) in [5.41, 5.74) is 0.787. The zero-order valence-corrected chi connectivity index (χ0v) is 7.55. The molecule has 0 radical (unpaired) electrons. The molecule has 4 nitrogen and oxygen atoms in total. The van der Waals surface area contributed by atoms with Crippen LogP contribution < -0.4 is 0 Å². The molecule has 0 spiro atoms. The van der Waals surface area contributed by atoms with Crippen LogP contribution >= 0.6 is 0 Å². The van der Waals surface area contributed by atoms with E-state index >= 15 is 0 Å². The van der Waals surface area contributed by atoms with E-state index in [0.717, 1.165) is 0 Å². The fraction of sp³-hybridized carbons (Fsp3) is 0.500. The number of carboxylic acid groups (broad SMARTS) is 1. The van der Waals surface area contributed by atoms with Gasteiger partial charge in [0.2, 0.25) is 6.43 Å². The predicted molar refractivity (Wildman–Crippen MR) is 44.6 cm³/mol. The van der Waals surface area contributed by atoms with Gasteiger partial charge in [0.15, 0.2) is 5.69 Å². The normalized spacial score (nSPS) is 10.9. The molecule has 14 heavy (non-hydrogen) atoms. The molecular weight excluding hydrogens is 194 g/mol. The van der Waals surface area contributed by atoms with Gasteiger partial charge in [-0.25, -0.2) is 13.6 Å². The molecule has 0 aliphatic rings. The Balaban J connectivity index is 2.74. The molecule has 0 aliphatic carbocycles. The number of H-pyrrole nitrogens is 1. The number of hydrogen-bond donors (Lipinski definition) is 2. The fourth-order valence-electron chi connectivity index (χ4n) is 1.14. The monoisotopic (exact) mass is 204 g/mol. The van der Waals surface area contributed by atoms with Gasteiger partial charge in [-0.2, -0.15) is 5.10 Å². The van der Waals surface area contributed by atoms with Crippen LogP contribution in [0, 0.1) is 6.92 Å². The Morgan fingerprint density at radius 2 is 2.29 bits per heavy atom. The van der Waals surface area contributed by atoms with Gasteiger partial charge in [-0.05, 0) is 13.3 Å². The van der Waals surface area contributed by atoms with Crippen LogP contribution in [0.1, 0.15) is 28.2 Å². The van der Waals surface area contributed by atoms with Crippen LogP contribution in [0.2, 0.25) is 0 Å². The standard InChI is InChI=1S/C8H10F2N2O2/c1-4-5(2-3-6(9)10)11-12-7(4)8(13)14/h6H,2-3H2,1H3,(H,11,12)(H,13,14). The van der Waals surface area contributed by atoms with E-state index < -0.39 is 12.4 Å². The Bertz CT molecular complexity index is 336. The van der Waals surface area contributed by atoms with Gasteiger partial charge in [-0.3, -0.25) is 5.10 Å². The maximum Gasteiger partial charge on any atom is 0.356 e. The van der Waals surface area contributed by atoms with Crippen molar-refractivity contribution in [2.45, 2.75) is 26.2 Å². The summed E-state index contributed by atoms with van der Waals surface area (Å²) < 4.78 is 23.7. The largest absolute Gasteiger partial charge is 0.476 e. The molecule has 0 bridgehead atoms. The van der Waals surface area contributed by atoms with Gasteiger partial charge in [0.1, 0.15) is 0 Å². The van der Waals surface area contributed by atoms with Crippen molar-refractivity contribution < 1.29 is 18.7 Å². The van der Waals surface area contributed by atoms with Crippen LogP contribution in [0.25, 0.3) is 0 Å². The van der Waals surface area contributed by atoms with Crippen LogP contribution in [0.3, 0.4) is 0 Å². The van der Waals surface area contributed by atoms with Crippen molar-refractivity contribution in [2.75, 3.05) is 0 Å². The SMILES string of the molecule is Cc1c(C(=O)O)n[nH]c1CCC(F)F. The quantitative estimate of drug-likeness (QED) is 0.783. The molecule has 0 saturated carbocycles. The van der Waals surface area contributed by atoms with E-state index in [1.54, 1.807) is 6.92 Å². The van der Waals surface area contributed by atoms with E-state index in [0.29, 0.717) is 11.3 Å². The highest BCUT2D eigenvalue weighted by atomic mass is 19.3. The lowest BCUT2D eigenvalue weighted by Crippen LogP contribution is -2.00. The molecule has 0 unspecified atom stereocenters. The number of carbonyl (C=O) groups is 1. The van der Waals surface area contributed by atoms with Crippen molar-refractivity contribution in [3.63, 3.8) is 0 Å². The van der Waals surface area contributed by atoms with Crippen molar-refractivity contribution in [2.24, 2.45) is 0 Å². The maximum atomic E-state index is 11.9. The van der Waals surface area contributed by atoms with Crippen LogP contribution in [0.15, 0.2) is 0 Å². The molecule has 1 rings (SSSR count). The second-order valence-electron chi connectivity index (χ2n) is 2.91. The minimum absolute atomic E-state index is 0.103. The number of aryl methyl sites for hydroxylation is 1. The van der Waals surface area contributed by atoms with E-state index in [4.69, 9.17) is 5.11 Å². The van der Waals surface area contributed by atoms with Crippen LogP contribution in [-0.2, 0) is 6.42 Å². The number of rotatable bonds is 4. The van der Waals surface area contributed by atoms with Gasteiger partial charge >= 0.3 is 5.97 Å². The molecule has 0 aliphatic heterocycles. The van der Waals surface area contributed by atoms with E-state index in [-0.39, 0.29) is 18.5 Å². The first-order chi connectivity index (χ1) is 6.52. The van der Waals surface area contributed by atoms with Crippen LogP contribution in [0.5, 0.6) is 0 Å². The number of nitrogens with zero attached hydrogens (tertiary/aromatic N) is 1. The number of hydrogen-bond acceptors (Lipinski definition) is 2. The molecule has 1 heterocycles. The highest BCUT2D eigenvalue weighted by Crippen LogP contribution is 2.13. The minimum atomic E-state index is -2.38. The van der Waals surface area contributed by atoms with Gasteiger partial charge in [-0.1, -0.05) is 0 Å². The van der Waals surface area contributed by atoms with E-state index in [9.17, 15) is 13.6 Å². The zero-order chi connectivity index (χ0) is 10.7. The summed E-state index contributed by atoms with van der Waals surface area (Å²) >= 11 is 0. The molecule has 0 atom stereocenters. The van der Waals surface area contributed by atoms with E-state index in [1.807, 2.05) is 0 Å². The first kappa shape index (κ1) is 10.6. The summed E-state index contributed by atoms with van der Waals surface area (Å²) in [5, 5.41) is 14.6. The number of aromatic carboxylic acids is 1. The summed E-state index contributed by atoms with van der Waals surface area (Å²) in [6.45, 7) is 1.55. The molecule has 1 aromatic rings. The third-order valence-electron chi connectivity index (χ3n) is 1.93. The maximum absolute atomic E-state index is 11.9. The van der Waals surface area contributed by atoms with Gasteiger partial charge in [0, 0.05) is 17.7 Å². The number of alkyl halides is 2. The van der Waals surface area contributed by atoms with Crippen LogP contribution in [0.4, 0.5) is 8.78 Å². The number of aromatic nitrogens is 2. The average Bonchev–Trinajstić information content (AvgIpc) is 2.43. The van der Waals surface area contributed by atoms with Crippen molar-refractivity contribution in [1.82, 2.24) is 10.2 Å². The van der Waals surface area contributed by atoms with E-state index in [2.05, 4.69) is 10.2 Å². The second-order valence-corrected chi connectivity index (χ2v) is 2.91. The summed E-state index contributed by atoms with van der Waals surface area (Å²) in [6.07, 6.45) is -2.56. The number of halogens is 2. The topological polar surface area (TPSA) is 66.0 Å². The lowest BCUT2D eigenvalue weighted by atomic mass is 10.1. The average molecular weight is 204 g/mol. The molecule has 6 heteroatoms. The summed E-state index contributed by atoms with van der Waals surface area (Å²) in [4.78, 5) is 10.5. The molecule has 0 saturated heterocycles. The van der Waals surface area contributed by atoms with Gasteiger partial charge in [0.05, 0.1) is 0 Å². The first-order valence-corrected chi connectivity index (χ1v) is 4.07. The Morgan fingerprint density at radius 1 is 1.64 bits per heavy atom. The molecular formula is C8H10F2N2O2. The molecule has 2 N–H and O–H groups in total. The van der Waals surface area contributed by atoms with Gasteiger partial charge in [-0.15, -0.1) is 0 Å². The predicted octanol–water partition coefficient (Wildman–Crippen LogP) is 1.61. The smallest absolute Gasteiger partial charge is 0.356 e. The Kier molecular flexibility index (Phi) is 3.16. The highest BCUT2D eigenvalue weighted by molar-refractivity contribution is 5.87. The third-order valence-corrected chi connectivity index (χ3v) is 1.93. The number of carboxylic acids is 1. The minimum Gasteiger partial charge on any atom is -0.476 e. The van der Waals surface area contributed by atoms with Gasteiger partial charge in [0.25, 0.3) is 0 Å². The molecule has 0 aromatic carbocycles. The first-order valence-electron chi connectivity index (χ1n) is 4.07. The fourth-order valence-corrected chi connectivity index (χ4v) is 1.14. The summed E-state index contributed by atoms with van der Waals surface area (Å²) in [6, 6.07) is 0. The lowest BCUT2D eigenvalue weighted by molar-refractivity contribution is 0.0689. The van der Waals surface area contributed by atoms with Gasteiger partial charge < -0.3 is 5.11 Å². The van der Waals surface area contributed by atoms with E-state index in [1.165, 1.54) is 0 Å². The van der Waals surface area contributed by atoms with Crippen molar-refractivity contribution >= 4 is 5.97 Å². The molecule has 0 amide bonds. The molecule has 78 valence electrons. The lowest BCUT2D eigenvalue weighted by Gasteiger charge is -1.98. The Labute approximate surface area is 78.9 Å². The van der Waals surface area contributed by atoms with Crippen molar-refractivity contribution in [1.29, 1.82) is 0 Å². The van der Waals surface area contributed by atoms with Crippen molar-refractivity contribution in [3.05, 3.63) is 17.0 Å². The second kappa shape index (κ2) is 4.17. The van der Waals surface area contributed by atoms with Crippen molar-refractivity contribution in [3.8, 4) is 0 Å². The molecule has 1 aromatic heterocycles. The third kappa shape index (κ3) is 2.27.